The van der Waals surface area contributed by atoms with E-state index in [2.05, 4.69) is 0 Å². The van der Waals surface area contributed by atoms with E-state index in [0.29, 0.717) is 51.4 Å². The fourth-order valence-corrected chi connectivity index (χ4v) is 5.39. The molecular weight excluding hydrogens is 443 g/mol. The number of hydrogen-bond donors (Lipinski definition) is 1. The van der Waals surface area contributed by atoms with Crippen LogP contribution < -0.4 is 0 Å². The molecule has 0 radical (unpaired) electrons. The Kier molecular flexibility index (Phi) is 17.5. The fourth-order valence-electron chi connectivity index (χ4n) is 3.51. The number of Topliss-reactive ketones (excluding diaryl/α,β-unsaturated/α-hetero) is 4. The molecule has 0 bridgehead atoms. The SMILES string of the molecule is CCCC(=O)CCCN(CCCC(=O)CCC)P(=O)(O)N(CCC(=O)CC)CCC(=O)CC. The third-order valence-corrected chi connectivity index (χ3v) is 7.90. The highest BCUT2D eigenvalue weighted by Gasteiger charge is 2.35. The lowest BCUT2D eigenvalue weighted by Gasteiger charge is -2.35. The Labute approximate surface area is 200 Å². The number of carbonyl (C=O) groups excluding carboxylic acids is 4. The zero-order chi connectivity index (χ0) is 25.3. The molecule has 0 amide bonds. The van der Waals surface area contributed by atoms with Gasteiger partial charge < -0.3 is 4.89 Å². The van der Waals surface area contributed by atoms with Gasteiger partial charge in [0.25, 0.3) is 0 Å². The smallest absolute Gasteiger partial charge is 0.322 e. The van der Waals surface area contributed by atoms with Crippen molar-refractivity contribution >= 4 is 30.8 Å². The standard InChI is InChI=1S/C24H45N2O6P/c1-5-11-23(29)13-9-17-25(18-10-14-24(30)12-6-2)33(31,32)26(19-15-21(27)7-3)20-16-22(28)8-4/h5-20H2,1-4H3,(H,31,32). The summed E-state index contributed by atoms with van der Waals surface area (Å²) in [5.41, 5.74) is 0. The fraction of sp³-hybridized carbons (Fsp3) is 0.833. The van der Waals surface area contributed by atoms with Gasteiger partial charge >= 0.3 is 7.67 Å². The number of hydrogen-bond acceptors (Lipinski definition) is 5. The van der Waals surface area contributed by atoms with Crippen LogP contribution in [-0.2, 0) is 23.7 Å². The first-order valence-corrected chi connectivity index (χ1v) is 14.1. The van der Waals surface area contributed by atoms with Crippen LogP contribution in [0, 0.1) is 0 Å². The van der Waals surface area contributed by atoms with Crippen molar-refractivity contribution in [3.8, 4) is 0 Å². The average molecular weight is 489 g/mol. The molecule has 0 aliphatic carbocycles. The Morgan fingerprint density at radius 1 is 0.576 bits per heavy atom. The molecule has 0 aromatic heterocycles. The van der Waals surface area contributed by atoms with E-state index in [1.165, 1.54) is 9.34 Å². The van der Waals surface area contributed by atoms with Gasteiger partial charge in [-0.3, -0.25) is 23.7 Å². The van der Waals surface area contributed by atoms with Crippen LogP contribution in [0.15, 0.2) is 0 Å². The maximum absolute atomic E-state index is 13.6. The quantitative estimate of drug-likeness (QED) is 0.218. The minimum Gasteiger partial charge on any atom is -0.322 e. The van der Waals surface area contributed by atoms with Crippen LogP contribution in [0.1, 0.15) is 105 Å². The monoisotopic (exact) mass is 488 g/mol. The van der Waals surface area contributed by atoms with Gasteiger partial charge in [0.15, 0.2) is 0 Å². The van der Waals surface area contributed by atoms with E-state index in [9.17, 15) is 28.6 Å². The predicted molar refractivity (Wildman–Crippen MR) is 131 cm³/mol. The minimum atomic E-state index is -4.06. The maximum atomic E-state index is 13.6. The number of ketones is 4. The van der Waals surface area contributed by atoms with Crippen LogP contribution in [0.5, 0.6) is 0 Å². The van der Waals surface area contributed by atoms with Gasteiger partial charge in [-0.15, -0.1) is 0 Å². The second-order valence-corrected chi connectivity index (χ2v) is 10.6. The highest BCUT2D eigenvalue weighted by Crippen LogP contribution is 2.49. The van der Waals surface area contributed by atoms with Crippen molar-refractivity contribution in [1.29, 1.82) is 0 Å². The molecule has 0 saturated heterocycles. The van der Waals surface area contributed by atoms with E-state index in [4.69, 9.17) is 0 Å². The Bertz CT molecular complexity index is 623. The molecule has 0 saturated carbocycles. The van der Waals surface area contributed by atoms with Gasteiger partial charge in [0.1, 0.15) is 23.1 Å². The van der Waals surface area contributed by atoms with Crippen LogP contribution in [0.4, 0.5) is 0 Å². The first-order chi connectivity index (χ1) is 15.6. The molecular formula is C24H45N2O6P. The van der Waals surface area contributed by atoms with Gasteiger partial charge in [0, 0.05) is 77.5 Å². The summed E-state index contributed by atoms with van der Waals surface area (Å²) in [5, 5.41) is 0. The molecule has 0 spiro atoms. The van der Waals surface area contributed by atoms with E-state index in [1.807, 2.05) is 13.8 Å². The first kappa shape index (κ1) is 31.8. The van der Waals surface area contributed by atoms with E-state index < -0.39 is 7.67 Å². The molecule has 0 rings (SSSR count). The summed E-state index contributed by atoms with van der Waals surface area (Å²) in [6, 6.07) is 0. The molecule has 1 atom stereocenters. The van der Waals surface area contributed by atoms with Crippen molar-refractivity contribution in [2.24, 2.45) is 0 Å². The number of carbonyl (C=O) groups is 4. The lowest BCUT2D eigenvalue weighted by Crippen LogP contribution is -2.36. The molecule has 33 heavy (non-hydrogen) atoms. The van der Waals surface area contributed by atoms with Crippen molar-refractivity contribution in [3.05, 3.63) is 0 Å². The second kappa shape index (κ2) is 18.2. The predicted octanol–water partition coefficient (Wildman–Crippen LogP) is 4.73. The van der Waals surface area contributed by atoms with Gasteiger partial charge in [-0.25, -0.2) is 9.34 Å². The van der Waals surface area contributed by atoms with Gasteiger partial charge in [-0.1, -0.05) is 27.7 Å². The summed E-state index contributed by atoms with van der Waals surface area (Å²) >= 11 is 0. The Balaban J connectivity index is 5.46. The molecule has 0 aliphatic heterocycles. The second-order valence-electron chi connectivity index (χ2n) is 8.49. The van der Waals surface area contributed by atoms with Crippen molar-refractivity contribution in [2.45, 2.75) is 105 Å². The van der Waals surface area contributed by atoms with Gasteiger partial charge in [0.2, 0.25) is 0 Å². The van der Waals surface area contributed by atoms with E-state index in [1.54, 1.807) is 13.8 Å². The van der Waals surface area contributed by atoms with Crippen molar-refractivity contribution in [1.82, 2.24) is 9.34 Å². The zero-order valence-electron chi connectivity index (χ0n) is 21.1. The van der Waals surface area contributed by atoms with Crippen LogP contribution in [0.25, 0.3) is 0 Å². The molecule has 0 aromatic carbocycles. The highest BCUT2D eigenvalue weighted by atomic mass is 31.2. The zero-order valence-corrected chi connectivity index (χ0v) is 22.0. The Morgan fingerprint density at radius 2 is 0.939 bits per heavy atom. The largest absolute Gasteiger partial charge is 0.343 e. The molecule has 9 heteroatoms. The summed E-state index contributed by atoms with van der Waals surface area (Å²) in [5.74, 6) is 0.233. The molecule has 0 aromatic rings. The molecule has 192 valence electrons. The molecule has 1 N–H and O–H groups in total. The summed E-state index contributed by atoms with van der Waals surface area (Å²) in [6.45, 7) is 8.04. The topological polar surface area (TPSA) is 112 Å². The van der Waals surface area contributed by atoms with Crippen LogP contribution >= 0.6 is 7.67 Å². The van der Waals surface area contributed by atoms with E-state index in [0.717, 1.165) is 12.8 Å². The average Bonchev–Trinajstić information content (AvgIpc) is 2.77. The van der Waals surface area contributed by atoms with Crippen LogP contribution in [0.3, 0.4) is 0 Å². The van der Waals surface area contributed by atoms with Crippen molar-refractivity contribution < 1.29 is 28.6 Å². The van der Waals surface area contributed by atoms with E-state index >= 15 is 0 Å². The van der Waals surface area contributed by atoms with Gasteiger partial charge in [-0.05, 0) is 25.7 Å². The molecule has 0 aliphatic rings. The third kappa shape index (κ3) is 13.9. The van der Waals surface area contributed by atoms with Crippen molar-refractivity contribution in [3.63, 3.8) is 0 Å². The van der Waals surface area contributed by atoms with Gasteiger partial charge in [-0.2, -0.15) is 0 Å². The van der Waals surface area contributed by atoms with Crippen molar-refractivity contribution in [2.75, 3.05) is 26.2 Å². The molecule has 1 unspecified atom stereocenters. The Morgan fingerprint density at radius 3 is 1.27 bits per heavy atom. The summed E-state index contributed by atoms with van der Waals surface area (Å²) < 4.78 is 16.4. The highest BCUT2D eigenvalue weighted by molar-refractivity contribution is 7.52. The molecule has 0 heterocycles. The lowest BCUT2D eigenvalue weighted by molar-refractivity contribution is -0.120. The van der Waals surface area contributed by atoms with Crippen LogP contribution in [0.2, 0.25) is 0 Å². The Hall–Kier alpha value is -1.21. The minimum absolute atomic E-state index is 0.0105. The maximum Gasteiger partial charge on any atom is 0.343 e. The normalized spacial score (nSPS) is 13.3. The summed E-state index contributed by atoms with van der Waals surface area (Å²) in [4.78, 5) is 58.7. The number of nitrogens with zero attached hydrogens (tertiary/aromatic N) is 2. The lowest BCUT2D eigenvalue weighted by atomic mass is 10.1. The van der Waals surface area contributed by atoms with Crippen LogP contribution in [-0.4, -0.2) is 63.5 Å². The summed E-state index contributed by atoms with van der Waals surface area (Å²) in [7, 11) is -4.06. The molecule has 0 fully saturated rings. The third-order valence-electron chi connectivity index (χ3n) is 5.62. The number of rotatable bonds is 22. The summed E-state index contributed by atoms with van der Waals surface area (Å²) in [6.07, 6.45) is 5.06. The molecule has 8 nitrogen and oxygen atoms in total. The van der Waals surface area contributed by atoms with Gasteiger partial charge in [0.05, 0.1) is 0 Å². The first-order valence-electron chi connectivity index (χ1n) is 12.5. The van der Waals surface area contributed by atoms with E-state index in [-0.39, 0.29) is 62.2 Å².